The van der Waals surface area contributed by atoms with Gasteiger partial charge in [-0.1, -0.05) is 0 Å². The van der Waals surface area contributed by atoms with Crippen molar-refractivity contribution >= 4 is 11.9 Å². The van der Waals surface area contributed by atoms with E-state index in [4.69, 9.17) is 9.47 Å². The van der Waals surface area contributed by atoms with Crippen LogP contribution in [0.2, 0.25) is 0 Å². The van der Waals surface area contributed by atoms with Gasteiger partial charge in [0.15, 0.2) is 5.78 Å². The van der Waals surface area contributed by atoms with Crippen LogP contribution >= 0.6 is 0 Å². The van der Waals surface area contributed by atoms with Crippen molar-refractivity contribution in [2.24, 2.45) is 0 Å². The fraction of sp³-hybridized carbons (Fsp3) is 0.500. The summed E-state index contributed by atoms with van der Waals surface area (Å²) in [6.45, 7) is 7.95. The molecule has 0 atom stereocenters. The van der Waals surface area contributed by atoms with Crippen LogP contribution in [0.4, 0.5) is 4.79 Å². The summed E-state index contributed by atoms with van der Waals surface area (Å²) in [4.78, 5) is 22.5. The summed E-state index contributed by atoms with van der Waals surface area (Å²) in [6.07, 6.45) is 0.251. The number of carbonyl (C=O) groups excluding carboxylic acids is 2. The number of ketones is 1. The van der Waals surface area contributed by atoms with Crippen molar-refractivity contribution in [3.05, 3.63) is 29.8 Å². The van der Waals surface area contributed by atoms with E-state index in [1.165, 1.54) is 6.92 Å². The molecule has 0 saturated heterocycles. The zero-order valence-corrected chi connectivity index (χ0v) is 13.1. The van der Waals surface area contributed by atoms with Crippen LogP contribution in [-0.2, 0) is 4.74 Å². The minimum atomic E-state index is -0.487. The molecule has 0 unspecified atom stereocenters. The van der Waals surface area contributed by atoms with E-state index in [2.05, 4.69) is 5.32 Å². The Morgan fingerprint density at radius 2 is 1.76 bits per heavy atom. The third kappa shape index (κ3) is 7.34. The van der Waals surface area contributed by atoms with Gasteiger partial charge in [0.1, 0.15) is 11.4 Å². The zero-order chi connectivity index (χ0) is 15.9. The summed E-state index contributed by atoms with van der Waals surface area (Å²) in [5.41, 5.74) is 0.174. The number of benzene rings is 1. The third-order valence-electron chi connectivity index (χ3n) is 2.52. The van der Waals surface area contributed by atoms with Crippen LogP contribution in [0.15, 0.2) is 24.3 Å². The van der Waals surface area contributed by atoms with Crippen LogP contribution < -0.4 is 10.1 Å². The molecule has 0 aliphatic carbocycles. The molecule has 116 valence electrons. The zero-order valence-electron chi connectivity index (χ0n) is 13.1. The van der Waals surface area contributed by atoms with E-state index in [0.717, 1.165) is 0 Å². The summed E-state index contributed by atoms with van der Waals surface area (Å²) in [5.74, 6) is 0.736. The number of ether oxygens (including phenoxy) is 2. The van der Waals surface area contributed by atoms with Crippen molar-refractivity contribution in [3.63, 3.8) is 0 Å². The molecule has 0 fully saturated rings. The molecule has 0 radical (unpaired) electrons. The average molecular weight is 293 g/mol. The van der Waals surface area contributed by atoms with Crippen molar-refractivity contribution in [2.75, 3.05) is 13.2 Å². The Labute approximate surface area is 125 Å². The van der Waals surface area contributed by atoms with Crippen molar-refractivity contribution in [1.82, 2.24) is 5.32 Å². The van der Waals surface area contributed by atoms with Gasteiger partial charge in [0.2, 0.25) is 0 Å². The number of amides is 1. The van der Waals surface area contributed by atoms with E-state index >= 15 is 0 Å². The average Bonchev–Trinajstić information content (AvgIpc) is 2.36. The highest BCUT2D eigenvalue weighted by Crippen LogP contribution is 2.12. The van der Waals surface area contributed by atoms with E-state index < -0.39 is 11.7 Å². The summed E-state index contributed by atoms with van der Waals surface area (Å²) in [6, 6.07) is 6.99. The summed E-state index contributed by atoms with van der Waals surface area (Å²) in [7, 11) is 0. The maximum atomic E-state index is 11.4. The molecule has 1 aromatic carbocycles. The van der Waals surface area contributed by atoms with Crippen molar-refractivity contribution < 1.29 is 19.1 Å². The van der Waals surface area contributed by atoms with Gasteiger partial charge in [0.05, 0.1) is 6.61 Å². The molecule has 1 N–H and O–H groups in total. The monoisotopic (exact) mass is 293 g/mol. The second-order valence-corrected chi connectivity index (χ2v) is 5.71. The smallest absolute Gasteiger partial charge is 0.407 e. The standard InChI is InChI=1S/C16H23NO4/c1-12(18)13-6-8-14(9-7-13)20-11-5-10-17-15(19)21-16(2,3)4/h6-9H,5,10-11H2,1-4H3,(H,17,19). The second-order valence-electron chi connectivity index (χ2n) is 5.71. The van der Waals surface area contributed by atoms with E-state index in [9.17, 15) is 9.59 Å². The molecule has 0 aliphatic rings. The van der Waals surface area contributed by atoms with Gasteiger partial charge in [0, 0.05) is 12.1 Å². The highest BCUT2D eigenvalue weighted by Gasteiger charge is 2.15. The predicted molar refractivity (Wildman–Crippen MR) is 80.8 cm³/mol. The Morgan fingerprint density at radius 3 is 2.29 bits per heavy atom. The van der Waals surface area contributed by atoms with E-state index in [1.54, 1.807) is 24.3 Å². The normalized spacial score (nSPS) is 10.9. The number of alkyl carbamates (subject to hydrolysis) is 1. The van der Waals surface area contributed by atoms with Gasteiger partial charge >= 0.3 is 6.09 Å². The predicted octanol–water partition coefficient (Wildman–Crippen LogP) is 3.18. The molecule has 5 heteroatoms. The SMILES string of the molecule is CC(=O)c1ccc(OCCCNC(=O)OC(C)(C)C)cc1. The maximum absolute atomic E-state index is 11.4. The highest BCUT2D eigenvalue weighted by molar-refractivity contribution is 5.94. The molecular formula is C16H23NO4. The number of Topliss-reactive ketones (excluding diaryl/α,β-unsaturated/α-hetero) is 1. The van der Waals surface area contributed by atoms with Crippen LogP contribution in [0.25, 0.3) is 0 Å². The number of rotatable bonds is 6. The van der Waals surface area contributed by atoms with Crippen molar-refractivity contribution in [2.45, 2.75) is 39.7 Å². The number of carbonyl (C=O) groups is 2. The molecule has 1 rings (SSSR count). The number of hydrogen-bond acceptors (Lipinski definition) is 4. The van der Waals surface area contributed by atoms with Crippen LogP contribution in [0.1, 0.15) is 44.5 Å². The Balaban J connectivity index is 2.19. The van der Waals surface area contributed by atoms with Gasteiger partial charge < -0.3 is 14.8 Å². The maximum Gasteiger partial charge on any atom is 0.407 e. The second kappa shape index (κ2) is 7.67. The van der Waals surface area contributed by atoms with Gasteiger partial charge in [0.25, 0.3) is 0 Å². The van der Waals surface area contributed by atoms with Gasteiger partial charge in [-0.05, 0) is 58.4 Å². The van der Waals surface area contributed by atoms with Crippen molar-refractivity contribution in [1.29, 1.82) is 0 Å². The summed E-state index contributed by atoms with van der Waals surface area (Å²) >= 11 is 0. The fourth-order valence-electron chi connectivity index (χ4n) is 1.55. The van der Waals surface area contributed by atoms with Gasteiger partial charge in [-0.25, -0.2) is 4.79 Å². The molecule has 0 saturated carbocycles. The van der Waals surface area contributed by atoms with Crippen LogP contribution in [0.3, 0.4) is 0 Å². The quantitative estimate of drug-likeness (QED) is 0.646. The van der Waals surface area contributed by atoms with Gasteiger partial charge in [-0.3, -0.25) is 4.79 Å². The molecule has 0 aliphatic heterocycles. The number of nitrogens with one attached hydrogen (secondary N) is 1. The molecule has 5 nitrogen and oxygen atoms in total. The minimum Gasteiger partial charge on any atom is -0.494 e. The highest BCUT2D eigenvalue weighted by atomic mass is 16.6. The molecule has 21 heavy (non-hydrogen) atoms. The fourth-order valence-corrected chi connectivity index (χ4v) is 1.55. The molecule has 1 amide bonds. The Bertz CT molecular complexity index is 474. The first-order valence-corrected chi connectivity index (χ1v) is 6.98. The van der Waals surface area contributed by atoms with Gasteiger partial charge in [-0.2, -0.15) is 0 Å². The van der Waals surface area contributed by atoms with Crippen molar-refractivity contribution in [3.8, 4) is 5.75 Å². The Morgan fingerprint density at radius 1 is 1.14 bits per heavy atom. The molecular weight excluding hydrogens is 270 g/mol. The number of hydrogen-bond donors (Lipinski definition) is 1. The van der Waals surface area contributed by atoms with E-state index in [0.29, 0.717) is 30.9 Å². The molecule has 1 aromatic rings. The first-order valence-electron chi connectivity index (χ1n) is 6.98. The topological polar surface area (TPSA) is 64.6 Å². The summed E-state index contributed by atoms with van der Waals surface area (Å²) in [5, 5.41) is 2.66. The lowest BCUT2D eigenvalue weighted by Crippen LogP contribution is -2.33. The lowest BCUT2D eigenvalue weighted by molar-refractivity contribution is 0.0525. The Kier molecular flexibility index (Phi) is 6.21. The molecule has 0 spiro atoms. The van der Waals surface area contributed by atoms with Crippen LogP contribution in [-0.4, -0.2) is 30.6 Å². The lowest BCUT2D eigenvalue weighted by atomic mass is 10.1. The summed E-state index contributed by atoms with van der Waals surface area (Å²) < 4.78 is 10.6. The molecule has 0 aromatic heterocycles. The first kappa shape index (κ1) is 17.0. The first-order chi connectivity index (χ1) is 9.78. The minimum absolute atomic E-state index is 0.0307. The third-order valence-corrected chi connectivity index (χ3v) is 2.52. The molecule has 0 bridgehead atoms. The van der Waals surface area contributed by atoms with Crippen LogP contribution in [0.5, 0.6) is 5.75 Å². The lowest BCUT2D eigenvalue weighted by Gasteiger charge is -2.19. The van der Waals surface area contributed by atoms with Gasteiger partial charge in [-0.15, -0.1) is 0 Å². The van der Waals surface area contributed by atoms with E-state index in [1.807, 2.05) is 20.8 Å². The van der Waals surface area contributed by atoms with E-state index in [-0.39, 0.29) is 5.78 Å². The van der Waals surface area contributed by atoms with Crippen LogP contribution in [0, 0.1) is 0 Å². The largest absolute Gasteiger partial charge is 0.494 e. The molecule has 0 heterocycles. The Hall–Kier alpha value is -2.04.